The number of aryl methyl sites for hydroxylation is 1. The van der Waals surface area contributed by atoms with Crippen molar-refractivity contribution in [3.8, 4) is 0 Å². The number of azide groups is 1. The summed E-state index contributed by atoms with van der Waals surface area (Å²) >= 11 is 3.38. The van der Waals surface area contributed by atoms with E-state index >= 15 is 0 Å². The predicted molar refractivity (Wildman–Crippen MR) is 67.1 cm³/mol. The molecule has 0 aliphatic carbocycles. The zero-order valence-electron chi connectivity index (χ0n) is 8.88. The molecule has 0 fully saturated rings. The van der Waals surface area contributed by atoms with E-state index in [4.69, 9.17) is 10.6 Å². The highest BCUT2D eigenvalue weighted by molar-refractivity contribution is 9.10. The van der Waals surface area contributed by atoms with Gasteiger partial charge in [0.2, 0.25) is 0 Å². The van der Waals surface area contributed by atoms with Gasteiger partial charge in [0.15, 0.2) is 0 Å². The third kappa shape index (κ3) is 4.66. The lowest BCUT2D eigenvalue weighted by Crippen LogP contribution is -2.10. The van der Waals surface area contributed by atoms with Gasteiger partial charge in [-0.05, 0) is 42.0 Å². The molecule has 1 N–H and O–H groups in total. The monoisotopic (exact) mass is 283 g/mol. The molecule has 16 heavy (non-hydrogen) atoms. The molecule has 0 bridgehead atoms. The number of benzene rings is 1. The summed E-state index contributed by atoms with van der Waals surface area (Å²) in [5.74, 6) is 0.0551. The quantitative estimate of drug-likeness (QED) is 0.486. The van der Waals surface area contributed by atoms with Crippen LogP contribution in [0.25, 0.3) is 10.4 Å². The van der Waals surface area contributed by atoms with Crippen molar-refractivity contribution in [2.45, 2.75) is 12.8 Å². The summed E-state index contributed by atoms with van der Waals surface area (Å²) < 4.78 is 1.06. The molecule has 1 rings (SSSR count). The van der Waals surface area contributed by atoms with Crippen molar-refractivity contribution in [2.75, 3.05) is 13.2 Å². The normalized spacial score (nSPS) is 11.9. The molecule has 0 aliphatic heterocycles. The van der Waals surface area contributed by atoms with Crippen LogP contribution >= 0.6 is 15.9 Å². The van der Waals surface area contributed by atoms with Gasteiger partial charge in [-0.15, -0.1) is 0 Å². The number of rotatable bonds is 6. The fourth-order valence-corrected chi connectivity index (χ4v) is 1.68. The minimum Gasteiger partial charge on any atom is -0.396 e. The Morgan fingerprint density at radius 3 is 2.62 bits per heavy atom. The van der Waals surface area contributed by atoms with E-state index in [0.717, 1.165) is 17.3 Å². The van der Waals surface area contributed by atoms with Crippen molar-refractivity contribution in [1.82, 2.24) is 0 Å². The number of nitrogens with zero attached hydrogens (tertiary/aromatic N) is 3. The second kappa shape index (κ2) is 7.28. The van der Waals surface area contributed by atoms with Gasteiger partial charge in [0.05, 0.1) is 0 Å². The molecule has 0 unspecified atom stereocenters. The van der Waals surface area contributed by atoms with E-state index in [2.05, 4.69) is 26.0 Å². The maximum atomic E-state index is 9.08. The fourth-order valence-electron chi connectivity index (χ4n) is 1.41. The molecule has 0 aliphatic rings. The highest BCUT2D eigenvalue weighted by Crippen LogP contribution is 2.14. The van der Waals surface area contributed by atoms with Gasteiger partial charge in [0.25, 0.3) is 0 Å². The van der Waals surface area contributed by atoms with Crippen LogP contribution in [0.2, 0.25) is 0 Å². The lowest BCUT2D eigenvalue weighted by molar-refractivity contribution is 0.223. The molecular weight excluding hydrogens is 270 g/mol. The Morgan fingerprint density at radius 2 is 2.06 bits per heavy atom. The summed E-state index contributed by atoms with van der Waals surface area (Å²) in [6.45, 7) is 0.430. The first-order valence-corrected chi connectivity index (χ1v) is 5.91. The van der Waals surface area contributed by atoms with Gasteiger partial charge in [0, 0.05) is 22.5 Å². The van der Waals surface area contributed by atoms with Crippen molar-refractivity contribution < 1.29 is 5.11 Å². The first-order valence-electron chi connectivity index (χ1n) is 5.12. The molecule has 0 aromatic heterocycles. The fraction of sp³-hybridized carbons (Fsp3) is 0.455. The summed E-state index contributed by atoms with van der Waals surface area (Å²) in [6.07, 6.45) is 1.72. The van der Waals surface area contributed by atoms with Crippen molar-refractivity contribution in [1.29, 1.82) is 0 Å². The van der Waals surface area contributed by atoms with E-state index in [-0.39, 0.29) is 12.5 Å². The Bertz CT molecular complexity index is 360. The average Bonchev–Trinajstić information content (AvgIpc) is 2.32. The van der Waals surface area contributed by atoms with Crippen molar-refractivity contribution in [3.63, 3.8) is 0 Å². The van der Waals surface area contributed by atoms with Gasteiger partial charge in [0.1, 0.15) is 0 Å². The van der Waals surface area contributed by atoms with Crippen molar-refractivity contribution in [3.05, 3.63) is 44.7 Å². The Hall–Kier alpha value is -1.03. The molecule has 1 aromatic rings. The van der Waals surface area contributed by atoms with Crippen LogP contribution in [-0.4, -0.2) is 18.3 Å². The smallest absolute Gasteiger partial charge is 0.0460 e. The number of halogens is 1. The second-order valence-corrected chi connectivity index (χ2v) is 4.54. The molecular formula is C11H14BrN3O. The van der Waals surface area contributed by atoms with E-state index in [1.165, 1.54) is 5.56 Å². The van der Waals surface area contributed by atoms with Crippen LogP contribution in [0.15, 0.2) is 33.9 Å². The largest absolute Gasteiger partial charge is 0.396 e. The van der Waals surface area contributed by atoms with Gasteiger partial charge in [-0.1, -0.05) is 33.2 Å². The Kier molecular flexibility index (Phi) is 5.93. The minimum atomic E-state index is 0.0551. The molecule has 86 valence electrons. The summed E-state index contributed by atoms with van der Waals surface area (Å²) in [7, 11) is 0. The first kappa shape index (κ1) is 13.0. The summed E-state index contributed by atoms with van der Waals surface area (Å²) in [5, 5.41) is 12.6. The SMILES string of the molecule is [N-]=[N+]=NC[C@H](CO)CCc1ccc(Br)cc1. The predicted octanol–water partition coefficient (Wildman–Crippen LogP) is 3.30. The van der Waals surface area contributed by atoms with Crippen LogP contribution < -0.4 is 0 Å². The number of aliphatic hydroxyl groups is 1. The standard InChI is InChI=1S/C11H14BrN3O/c12-11-5-3-9(4-6-11)1-2-10(8-16)7-14-15-13/h3-6,10,16H,1-2,7-8H2/t10-/m1/s1. The van der Waals surface area contributed by atoms with Gasteiger partial charge < -0.3 is 5.11 Å². The summed E-state index contributed by atoms with van der Waals surface area (Å²) in [6, 6.07) is 8.09. The highest BCUT2D eigenvalue weighted by Gasteiger charge is 2.06. The molecule has 4 nitrogen and oxygen atoms in total. The van der Waals surface area contributed by atoms with Gasteiger partial charge in [-0.25, -0.2) is 0 Å². The van der Waals surface area contributed by atoms with Crippen LogP contribution in [-0.2, 0) is 6.42 Å². The maximum Gasteiger partial charge on any atom is 0.0460 e. The average molecular weight is 284 g/mol. The van der Waals surface area contributed by atoms with E-state index in [1.807, 2.05) is 24.3 Å². The van der Waals surface area contributed by atoms with Gasteiger partial charge >= 0.3 is 0 Å². The summed E-state index contributed by atoms with van der Waals surface area (Å²) in [5.41, 5.74) is 9.42. The molecule has 1 aromatic carbocycles. The first-order chi connectivity index (χ1) is 7.76. The van der Waals surface area contributed by atoms with Gasteiger partial charge in [-0.3, -0.25) is 0 Å². The third-order valence-electron chi connectivity index (χ3n) is 2.42. The molecule has 0 radical (unpaired) electrons. The van der Waals surface area contributed by atoms with E-state index in [0.29, 0.717) is 6.54 Å². The highest BCUT2D eigenvalue weighted by atomic mass is 79.9. The molecule has 0 heterocycles. The molecule has 0 saturated heterocycles. The molecule has 0 spiro atoms. The second-order valence-electron chi connectivity index (χ2n) is 3.63. The maximum absolute atomic E-state index is 9.08. The topological polar surface area (TPSA) is 69.0 Å². The Balaban J connectivity index is 2.42. The van der Waals surface area contributed by atoms with E-state index in [1.54, 1.807) is 0 Å². The Labute approximate surface area is 103 Å². The van der Waals surface area contributed by atoms with Gasteiger partial charge in [-0.2, -0.15) is 0 Å². The zero-order valence-corrected chi connectivity index (χ0v) is 10.5. The van der Waals surface area contributed by atoms with Crippen LogP contribution in [0, 0.1) is 5.92 Å². The van der Waals surface area contributed by atoms with Crippen LogP contribution in [0.1, 0.15) is 12.0 Å². The van der Waals surface area contributed by atoms with Crippen molar-refractivity contribution in [2.24, 2.45) is 11.0 Å². The van der Waals surface area contributed by atoms with Crippen LogP contribution in [0.5, 0.6) is 0 Å². The van der Waals surface area contributed by atoms with E-state index < -0.39 is 0 Å². The number of hydrogen-bond acceptors (Lipinski definition) is 2. The summed E-state index contributed by atoms with van der Waals surface area (Å²) in [4.78, 5) is 2.70. The minimum absolute atomic E-state index is 0.0551. The van der Waals surface area contributed by atoms with Crippen LogP contribution in [0.4, 0.5) is 0 Å². The Morgan fingerprint density at radius 1 is 1.38 bits per heavy atom. The lowest BCUT2D eigenvalue weighted by Gasteiger charge is -2.10. The zero-order chi connectivity index (χ0) is 11.8. The molecule has 0 saturated carbocycles. The third-order valence-corrected chi connectivity index (χ3v) is 2.94. The molecule has 1 atom stereocenters. The number of aliphatic hydroxyl groups excluding tert-OH is 1. The van der Waals surface area contributed by atoms with Crippen LogP contribution in [0.3, 0.4) is 0 Å². The lowest BCUT2D eigenvalue weighted by atomic mass is 10.0. The van der Waals surface area contributed by atoms with E-state index in [9.17, 15) is 0 Å². The van der Waals surface area contributed by atoms with Crippen molar-refractivity contribution >= 4 is 15.9 Å². The number of hydrogen-bond donors (Lipinski definition) is 1. The molecule has 0 amide bonds. The molecule has 5 heteroatoms.